The van der Waals surface area contributed by atoms with Crippen LogP contribution in [-0.4, -0.2) is 45.6 Å². The molecule has 1 amide bonds. The minimum atomic E-state index is -0.214. The predicted octanol–water partition coefficient (Wildman–Crippen LogP) is 3.04. The van der Waals surface area contributed by atoms with E-state index >= 15 is 0 Å². The highest BCUT2D eigenvalue weighted by atomic mass is 16.5. The first-order valence-corrected chi connectivity index (χ1v) is 11.7. The number of aromatic nitrogens is 3. The Balaban J connectivity index is 1.24. The Hall–Kier alpha value is -3.77. The highest BCUT2D eigenvalue weighted by Crippen LogP contribution is 2.33. The monoisotopic (exact) mass is 457 g/mol. The third kappa shape index (κ3) is 4.63. The van der Waals surface area contributed by atoms with Crippen LogP contribution >= 0.6 is 0 Å². The summed E-state index contributed by atoms with van der Waals surface area (Å²) in [6.07, 6.45) is 5.33. The summed E-state index contributed by atoms with van der Waals surface area (Å²) in [6, 6.07) is 13.8. The number of nitrogens with zero attached hydrogens (tertiary/aromatic N) is 6. The molecule has 2 saturated heterocycles. The van der Waals surface area contributed by atoms with Crippen molar-refractivity contribution in [2.75, 3.05) is 24.5 Å². The van der Waals surface area contributed by atoms with Gasteiger partial charge in [-0.05, 0) is 62.1 Å². The van der Waals surface area contributed by atoms with E-state index in [1.165, 1.54) is 0 Å². The van der Waals surface area contributed by atoms with Crippen molar-refractivity contribution in [3.8, 4) is 17.5 Å². The zero-order valence-corrected chi connectivity index (χ0v) is 18.9. The van der Waals surface area contributed by atoms with Crippen molar-refractivity contribution in [1.29, 1.82) is 5.26 Å². The second-order valence-corrected chi connectivity index (χ2v) is 8.96. The lowest BCUT2D eigenvalue weighted by Gasteiger charge is -2.31. The third-order valence-corrected chi connectivity index (χ3v) is 6.79. The average Bonchev–Trinajstić information content (AvgIpc) is 3.54. The van der Waals surface area contributed by atoms with E-state index in [1.54, 1.807) is 6.20 Å². The summed E-state index contributed by atoms with van der Waals surface area (Å²) in [5.74, 6) is 1.78. The van der Waals surface area contributed by atoms with Crippen molar-refractivity contribution in [2.45, 2.75) is 38.3 Å². The summed E-state index contributed by atoms with van der Waals surface area (Å²) >= 11 is 0. The van der Waals surface area contributed by atoms with E-state index in [-0.39, 0.29) is 17.9 Å². The lowest BCUT2D eigenvalue weighted by molar-refractivity contribution is -0.122. The molecule has 0 spiro atoms. The van der Waals surface area contributed by atoms with E-state index in [4.69, 9.17) is 15.5 Å². The second kappa shape index (κ2) is 9.61. The van der Waals surface area contributed by atoms with Gasteiger partial charge in [-0.15, -0.1) is 0 Å². The number of nitrogens with two attached hydrogens (primary N) is 1. The Bertz CT molecular complexity index is 1180. The molecule has 0 radical (unpaired) electrons. The normalized spacial score (nSPS) is 19.3. The molecule has 0 aliphatic carbocycles. The number of rotatable bonds is 6. The zero-order chi connectivity index (χ0) is 23.5. The van der Waals surface area contributed by atoms with Gasteiger partial charge in [-0.25, -0.2) is 4.98 Å². The molecule has 9 nitrogen and oxygen atoms in total. The topological polar surface area (TPSA) is 125 Å². The van der Waals surface area contributed by atoms with Crippen LogP contribution in [0.5, 0.6) is 0 Å². The highest BCUT2D eigenvalue weighted by molar-refractivity contribution is 5.77. The fourth-order valence-electron chi connectivity index (χ4n) is 4.80. The maximum absolute atomic E-state index is 11.4. The SMILES string of the molecule is N#Cc1ccc(CN2CCCC2c2nc(-c3ccc(N4CCC(C(N)=O)CC4)nc3)no2)cc1. The molecule has 1 unspecified atom stereocenters. The maximum Gasteiger partial charge on any atom is 0.244 e. The zero-order valence-electron chi connectivity index (χ0n) is 18.9. The van der Waals surface area contributed by atoms with Crippen LogP contribution in [0.3, 0.4) is 0 Å². The van der Waals surface area contributed by atoms with Gasteiger partial charge in [0.05, 0.1) is 17.7 Å². The molecule has 2 aromatic heterocycles. The second-order valence-electron chi connectivity index (χ2n) is 8.96. The number of primary amides is 1. The number of pyridine rings is 1. The number of carbonyl (C=O) groups is 1. The molecule has 4 heterocycles. The molecule has 174 valence electrons. The van der Waals surface area contributed by atoms with Crippen LogP contribution in [0.25, 0.3) is 11.4 Å². The molecule has 0 saturated carbocycles. The molecule has 34 heavy (non-hydrogen) atoms. The summed E-state index contributed by atoms with van der Waals surface area (Å²) in [7, 11) is 0. The first kappa shape index (κ1) is 22.0. The van der Waals surface area contributed by atoms with E-state index in [2.05, 4.69) is 31.0 Å². The van der Waals surface area contributed by atoms with Crippen LogP contribution in [0.2, 0.25) is 0 Å². The Labute approximate surface area is 198 Å². The van der Waals surface area contributed by atoms with Gasteiger partial charge in [-0.1, -0.05) is 17.3 Å². The van der Waals surface area contributed by atoms with Gasteiger partial charge < -0.3 is 15.2 Å². The Kier molecular flexibility index (Phi) is 6.23. The van der Waals surface area contributed by atoms with Gasteiger partial charge in [0.25, 0.3) is 0 Å². The number of amides is 1. The van der Waals surface area contributed by atoms with E-state index < -0.39 is 0 Å². The standard InChI is InChI=1S/C25H27N7O2/c26-14-17-3-5-18(6-4-17)16-32-11-1-2-21(32)25-29-24(30-34-25)20-7-8-22(28-15-20)31-12-9-19(10-13-31)23(27)33/h3-8,15,19,21H,1-2,9-13,16H2,(H2,27,33). The van der Waals surface area contributed by atoms with E-state index in [0.29, 0.717) is 17.3 Å². The number of benzene rings is 1. The molecule has 0 bridgehead atoms. The van der Waals surface area contributed by atoms with Crippen LogP contribution in [-0.2, 0) is 11.3 Å². The smallest absolute Gasteiger partial charge is 0.244 e. The van der Waals surface area contributed by atoms with Gasteiger partial charge in [0.2, 0.25) is 17.6 Å². The van der Waals surface area contributed by atoms with Crippen molar-refractivity contribution in [3.05, 3.63) is 59.6 Å². The number of piperidine rings is 1. The summed E-state index contributed by atoms with van der Waals surface area (Å²) in [5, 5.41) is 13.2. The minimum Gasteiger partial charge on any atom is -0.369 e. The van der Waals surface area contributed by atoms with Crippen molar-refractivity contribution in [1.82, 2.24) is 20.0 Å². The number of anilines is 1. The number of nitriles is 1. The van der Waals surface area contributed by atoms with Crippen LogP contribution < -0.4 is 10.6 Å². The third-order valence-electron chi connectivity index (χ3n) is 6.79. The van der Waals surface area contributed by atoms with Crippen molar-refractivity contribution < 1.29 is 9.32 Å². The molecule has 2 fully saturated rings. The molecule has 5 rings (SSSR count). The van der Waals surface area contributed by atoms with E-state index in [9.17, 15) is 4.79 Å². The fourth-order valence-corrected chi connectivity index (χ4v) is 4.80. The number of carbonyl (C=O) groups excluding carboxylic acids is 1. The van der Waals surface area contributed by atoms with Gasteiger partial charge in [0.15, 0.2) is 0 Å². The summed E-state index contributed by atoms with van der Waals surface area (Å²) in [6.45, 7) is 3.27. The number of hydrogen-bond acceptors (Lipinski definition) is 8. The van der Waals surface area contributed by atoms with Crippen LogP contribution in [0.15, 0.2) is 47.1 Å². The summed E-state index contributed by atoms with van der Waals surface area (Å²) in [5.41, 5.74) is 8.06. The molecule has 2 N–H and O–H groups in total. The maximum atomic E-state index is 11.4. The Morgan fingerprint density at radius 1 is 1.12 bits per heavy atom. The predicted molar refractivity (Wildman–Crippen MR) is 125 cm³/mol. The lowest BCUT2D eigenvalue weighted by atomic mass is 9.96. The van der Waals surface area contributed by atoms with Gasteiger partial charge in [0, 0.05) is 37.3 Å². The molecule has 3 aromatic rings. The first-order chi connectivity index (χ1) is 16.6. The summed E-state index contributed by atoms with van der Waals surface area (Å²) < 4.78 is 5.66. The molecular weight excluding hydrogens is 430 g/mol. The molecule has 2 aliphatic heterocycles. The van der Waals surface area contributed by atoms with Crippen LogP contribution in [0.1, 0.15) is 48.7 Å². The van der Waals surface area contributed by atoms with Gasteiger partial charge in [-0.3, -0.25) is 9.69 Å². The van der Waals surface area contributed by atoms with E-state index in [1.807, 2.05) is 36.4 Å². The fraction of sp³-hybridized carbons (Fsp3) is 0.400. The quantitative estimate of drug-likeness (QED) is 0.599. The number of likely N-dealkylation sites (tertiary alicyclic amines) is 1. The Morgan fingerprint density at radius 3 is 2.59 bits per heavy atom. The molecule has 1 aromatic carbocycles. The minimum absolute atomic E-state index is 0.0414. The Morgan fingerprint density at radius 2 is 1.91 bits per heavy atom. The molecule has 9 heteroatoms. The van der Waals surface area contributed by atoms with Crippen LogP contribution in [0.4, 0.5) is 5.82 Å². The van der Waals surface area contributed by atoms with Gasteiger partial charge >= 0.3 is 0 Å². The van der Waals surface area contributed by atoms with Crippen molar-refractivity contribution in [2.24, 2.45) is 11.7 Å². The van der Waals surface area contributed by atoms with Crippen LogP contribution in [0, 0.1) is 17.2 Å². The largest absolute Gasteiger partial charge is 0.369 e. The number of hydrogen-bond donors (Lipinski definition) is 1. The molecular formula is C25H27N7O2. The van der Waals surface area contributed by atoms with Crippen molar-refractivity contribution >= 4 is 11.7 Å². The van der Waals surface area contributed by atoms with E-state index in [0.717, 1.165) is 68.8 Å². The summed E-state index contributed by atoms with van der Waals surface area (Å²) in [4.78, 5) is 25.2. The highest BCUT2D eigenvalue weighted by Gasteiger charge is 2.31. The lowest BCUT2D eigenvalue weighted by Crippen LogP contribution is -2.38. The first-order valence-electron chi connectivity index (χ1n) is 11.7. The molecule has 2 aliphatic rings. The van der Waals surface area contributed by atoms with Crippen molar-refractivity contribution in [3.63, 3.8) is 0 Å². The van der Waals surface area contributed by atoms with Gasteiger partial charge in [-0.2, -0.15) is 10.2 Å². The average molecular weight is 458 g/mol. The van der Waals surface area contributed by atoms with Gasteiger partial charge in [0.1, 0.15) is 5.82 Å². The molecule has 1 atom stereocenters.